The summed E-state index contributed by atoms with van der Waals surface area (Å²) in [6.07, 6.45) is 0.781. The molecule has 1 amide bonds. The van der Waals surface area contributed by atoms with E-state index < -0.39 is 0 Å². The molecule has 1 N–H and O–H groups in total. The molecule has 0 radical (unpaired) electrons. The van der Waals surface area contributed by atoms with E-state index in [1.807, 2.05) is 47.9 Å². The fraction of sp³-hybridized carbons (Fsp3) is 0.263. The minimum absolute atomic E-state index is 0.0286. The number of hydrogen-bond acceptors (Lipinski definition) is 3. The number of aromatic nitrogens is 2. The Balaban J connectivity index is 1.77. The fourth-order valence-electron chi connectivity index (χ4n) is 2.79. The molecule has 5 heteroatoms. The van der Waals surface area contributed by atoms with E-state index in [1.54, 1.807) is 24.1 Å². The maximum absolute atomic E-state index is 12.6. The Morgan fingerprint density at radius 2 is 1.88 bits per heavy atom. The van der Waals surface area contributed by atoms with E-state index in [0.29, 0.717) is 6.54 Å². The van der Waals surface area contributed by atoms with E-state index in [-0.39, 0.29) is 18.2 Å². The number of rotatable bonds is 5. The maximum atomic E-state index is 12.6. The van der Waals surface area contributed by atoms with Crippen LogP contribution in [0.2, 0.25) is 0 Å². The smallest absolute Gasteiger partial charge is 0.242 e. The average Bonchev–Trinajstić information content (AvgIpc) is 2.94. The Hall–Kier alpha value is -2.82. The van der Waals surface area contributed by atoms with Crippen LogP contribution in [0.4, 0.5) is 0 Å². The van der Waals surface area contributed by atoms with Crippen LogP contribution in [0.3, 0.4) is 0 Å². The molecule has 124 valence electrons. The molecule has 1 aromatic heterocycles. The number of para-hydroxylation sites is 2. The molecule has 24 heavy (non-hydrogen) atoms. The Bertz CT molecular complexity index is 853. The van der Waals surface area contributed by atoms with Gasteiger partial charge in [-0.25, -0.2) is 4.98 Å². The Morgan fingerprint density at radius 1 is 1.17 bits per heavy atom. The summed E-state index contributed by atoms with van der Waals surface area (Å²) in [6.45, 7) is 2.83. The first-order valence-electron chi connectivity index (χ1n) is 8.04. The Morgan fingerprint density at radius 3 is 2.58 bits per heavy atom. The van der Waals surface area contributed by atoms with Crippen molar-refractivity contribution >= 4 is 16.9 Å². The molecule has 0 unspecified atom stereocenters. The molecule has 0 fully saturated rings. The van der Waals surface area contributed by atoms with Gasteiger partial charge in [-0.3, -0.25) is 4.79 Å². The van der Waals surface area contributed by atoms with Crippen molar-refractivity contribution in [3.8, 4) is 5.75 Å². The van der Waals surface area contributed by atoms with Gasteiger partial charge >= 0.3 is 0 Å². The summed E-state index contributed by atoms with van der Waals surface area (Å²) in [7, 11) is 1.79. The Kier molecular flexibility index (Phi) is 4.51. The van der Waals surface area contributed by atoms with Crippen LogP contribution in [0, 0.1) is 0 Å². The van der Waals surface area contributed by atoms with Crippen molar-refractivity contribution in [2.75, 3.05) is 7.05 Å². The molecule has 0 saturated heterocycles. The highest BCUT2D eigenvalue weighted by molar-refractivity contribution is 5.81. The number of fused-ring (bicyclic) bond motifs is 1. The minimum atomic E-state index is 0.0286. The third-order valence-electron chi connectivity index (χ3n) is 4.13. The van der Waals surface area contributed by atoms with Crippen molar-refractivity contribution in [2.45, 2.75) is 26.4 Å². The molecule has 0 saturated carbocycles. The van der Waals surface area contributed by atoms with Crippen LogP contribution in [0.5, 0.6) is 5.75 Å². The number of carbonyl (C=O) groups excluding carboxylic acids is 1. The minimum Gasteiger partial charge on any atom is -0.508 e. The first-order chi connectivity index (χ1) is 11.6. The molecule has 0 aliphatic carbocycles. The second-order valence-corrected chi connectivity index (χ2v) is 5.87. The predicted octanol–water partition coefficient (Wildman–Crippen LogP) is 2.96. The lowest BCUT2D eigenvalue weighted by Gasteiger charge is -2.18. The summed E-state index contributed by atoms with van der Waals surface area (Å²) in [4.78, 5) is 18.9. The van der Waals surface area contributed by atoms with E-state index in [0.717, 1.165) is 28.8 Å². The summed E-state index contributed by atoms with van der Waals surface area (Å²) >= 11 is 0. The predicted molar refractivity (Wildman–Crippen MR) is 93.7 cm³/mol. The number of phenolic OH excluding ortho intramolecular Hbond substituents is 1. The van der Waals surface area contributed by atoms with Crippen molar-refractivity contribution in [2.24, 2.45) is 0 Å². The number of aryl methyl sites for hydroxylation is 1. The molecule has 0 aliphatic heterocycles. The zero-order valence-corrected chi connectivity index (χ0v) is 13.9. The summed E-state index contributed by atoms with van der Waals surface area (Å²) in [5.41, 5.74) is 2.89. The number of phenols is 1. The summed E-state index contributed by atoms with van der Waals surface area (Å²) in [5, 5.41) is 9.34. The van der Waals surface area contributed by atoms with E-state index >= 15 is 0 Å². The zero-order valence-electron chi connectivity index (χ0n) is 13.9. The van der Waals surface area contributed by atoms with Gasteiger partial charge in [0.25, 0.3) is 0 Å². The first kappa shape index (κ1) is 16.1. The number of amides is 1. The van der Waals surface area contributed by atoms with Crippen molar-refractivity contribution < 1.29 is 9.90 Å². The molecular formula is C19H21N3O2. The third kappa shape index (κ3) is 3.25. The van der Waals surface area contributed by atoms with Gasteiger partial charge in [0.1, 0.15) is 18.1 Å². The lowest BCUT2D eigenvalue weighted by molar-refractivity contribution is -0.131. The molecule has 0 atom stereocenters. The van der Waals surface area contributed by atoms with E-state index in [4.69, 9.17) is 0 Å². The topological polar surface area (TPSA) is 58.4 Å². The van der Waals surface area contributed by atoms with Gasteiger partial charge in [0.15, 0.2) is 0 Å². The van der Waals surface area contributed by atoms with Gasteiger partial charge in [0, 0.05) is 20.0 Å². The van der Waals surface area contributed by atoms with Gasteiger partial charge in [-0.15, -0.1) is 0 Å². The third-order valence-corrected chi connectivity index (χ3v) is 4.13. The van der Waals surface area contributed by atoms with E-state index in [1.165, 1.54) is 0 Å². The summed E-state index contributed by atoms with van der Waals surface area (Å²) in [6, 6.07) is 14.8. The molecule has 5 nitrogen and oxygen atoms in total. The molecule has 0 bridgehead atoms. The zero-order chi connectivity index (χ0) is 17.1. The first-order valence-corrected chi connectivity index (χ1v) is 8.04. The monoisotopic (exact) mass is 323 g/mol. The quantitative estimate of drug-likeness (QED) is 0.785. The van der Waals surface area contributed by atoms with E-state index in [9.17, 15) is 9.90 Å². The lowest BCUT2D eigenvalue weighted by atomic mass is 10.2. The average molecular weight is 323 g/mol. The van der Waals surface area contributed by atoms with Gasteiger partial charge in [-0.1, -0.05) is 31.2 Å². The fourth-order valence-corrected chi connectivity index (χ4v) is 2.79. The number of carbonyl (C=O) groups is 1. The molecule has 2 aromatic carbocycles. The normalized spacial score (nSPS) is 10.9. The van der Waals surface area contributed by atoms with E-state index in [2.05, 4.69) is 4.98 Å². The standard InChI is InChI=1S/C19H21N3O2/c1-3-18-20-16-6-4-5-7-17(16)22(18)13-19(24)21(2)12-14-8-10-15(23)11-9-14/h4-11,23H,3,12-13H2,1-2H3. The summed E-state index contributed by atoms with van der Waals surface area (Å²) < 4.78 is 1.99. The molecular weight excluding hydrogens is 302 g/mol. The lowest BCUT2D eigenvalue weighted by Crippen LogP contribution is -2.30. The summed E-state index contributed by atoms with van der Waals surface area (Å²) in [5.74, 6) is 1.17. The highest BCUT2D eigenvalue weighted by Gasteiger charge is 2.15. The number of hydrogen-bond donors (Lipinski definition) is 1. The number of imidazole rings is 1. The second-order valence-electron chi connectivity index (χ2n) is 5.87. The van der Waals surface area contributed by atoms with Gasteiger partial charge in [0.05, 0.1) is 11.0 Å². The molecule has 3 rings (SSSR count). The highest BCUT2D eigenvalue weighted by atomic mass is 16.3. The van der Waals surface area contributed by atoms with Crippen molar-refractivity contribution in [3.63, 3.8) is 0 Å². The van der Waals surface area contributed by atoms with Crippen LogP contribution in [-0.4, -0.2) is 32.5 Å². The number of benzene rings is 2. The van der Waals surface area contributed by atoms with Crippen molar-refractivity contribution in [1.82, 2.24) is 14.5 Å². The highest BCUT2D eigenvalue weighted by Crippen LogP contribution is 2.17. The van der Waals surface area contributed by atoms with Crippen LogP contribution < -0.4 is 0 Å². The SMILES string of the molecule is CCc1nc2ccccc2n1CC(=O)N(C)Cc1ccc(O)cc1. The Labute approximate surface area is 141 Å². The number of likely N-dealkylation sites (N-methyl/N-ethyl adjacent to an activating group) is 1. The molecule has 0 spiro atoms. The van der Waals surface area contributed by atoms with Gasteiger partial charge in [0.2, 0.25) is 5.91 Å². The van der Waals surface area contributed by atoms with Crippen molar-refractivity contribution in [3.05, 3.63) is 59.9 Å². The number of nitrogens with zero attached hydrogens (tertiary/aromatic N) is 3. The van der Waals surface area contributed by atoms with Gasteiger partial charge in [-0.05, 0) is 29.8 Å². The van der Waals surface area contributed by atoms with Gasteiger partial charge < -0.3 is 14.6 Å². The second kappa shape index (κ2) is 6.74. The van der Waals surface area contributed by atoms with Crippen LogP contribution in [0.15, 0.2) is 48.5 Å². The maximum Gasteiger partial charge on any atom is 0.242 e. The van der Waals surface area contributed by atoms with Gasteiger partial charge in [-0.2, -0.15) is 0 Å². The number of aromatic hydroxyl groups is 1. The van der Waals surface area contributed by atoms with Crippen LogP contribution >= 0.6 is 0 Å². The molecule has 3 aromatic rings. The van der Waals surface area contributed by atoms with Crippen LogP contribution in [0.1, 0.15) is 18.3 Å². The van der Waals surface area contributed by atoms with Crippen molar-refractivity contribution in [1.29, 1.82) is 0 Å². The van der Waals surface area contributed by atoms with Crippen LogP contribution in [-0.2, 0) is 24.3 Å². The molecule has 1 heterocycles. The van der Waals surface area contributed by atoms with Crippen LogP contribution in [0.25, 0.3) is 11.0 Å². The molecule has 0 aliphatic rings. The largest absolute Gasteiger partial charge is 0.508 e.